The molecular weight excluding hydrogens is 265 g/mol. The molecule has 17 heavy (non-hydrogen) atoms. The van der Waals surface area contributed by atoms with Crippen molar-refractivity contribution in [1.82, 2.24) is 15.5 Å². The molecule has 3 heterocycles. The molecule has 92 valence electrons. The minimum atomic E-state index is -0.818. The van der Waals surface area contributed by atoms with E-state index >= 15 is 0 Å². The van der Waals surface area contributed by atoms with Gasteiger partial charge in [0.1, 0.15) is 6.17 Å². The summed E-state index contributed by atoms with van der Waals surface area (Å²) in [5.74, 6) is 1.04. The lowest BCUT2D eigenvalue weighted by Gasteiger charge is -2.00. The average Bonchev–Trinajstić information content (AvgIpc) is 2.97. The topological polar surface area (TPSA) is 51.0 Å². The van der Waals surface area contributed by atoms with E-state index in [1.165, 1.54) is 0 Å². The molecule has 1 saturated heterocycles. The Hall–Kier alpha value is -0.980. The standard InChI is InChI=1S/C10H10FN3OS.ClH/c11-7-3-8(12-4-7)10-13-9(14-15-10)6-1-2-16-5-6;/h1-2,5,7-8,12H,3-4H2;1H/t7-,8+;/m0./s1. The fraction of sp³-hybridized carbons (Fsp3) is 0.400. The molecule has 1 aliphatic rings. The minimum absolute atomic E-state index is 0. The lowest BCUT2D eigenvalue weighted by molar-refractivity contribution is 0.324. The highest BCUT2D eigenvalue weighted by Crippen LogP contribution is 2.26. The van der Waals surface area contributed by atoms with Crippen LogP contribution in [0.25, 0.3) is 11.4 Å². The summed E-state index contributed by atoms with van der Waals surface area (Å²) in [6.07, 6.45) is -0.410. The van der Waals surface area contributed by atoms with Gasteiger partial charge in [0.2, 0.25) is 11.7 Å². The molecule has 1 aliphatic heterocycles. The molecule has 0 aromatic carbocycles. The molecule has 3 rings (SSSR count). The maximum atomic E-state index is 13.0. The lowest BCUT2D eigenvalue weighted by atomic mass is 10.2. The minimum Gasteiger partial charge on any atom is -0.337 e. The van der Waals surface area contributed by atoms with Gasteiger partial charge in [-0.1, -0.05) is 5.16 Å². The van der Waals surface area contributed by atoms with Gasteiger partial charge < -0.3 is 9.84 Å². The summed E-state index contributed by atoms with van der Waals surface area (Å²) < 4.78 is 18.1. The molecule has 2 atom stereocenters. The first-order valence-electron chi connectivity index (χ1n) is 5.06. The number of nitrogens with one attached hydrogen (secondary N) is 1. The maximum Gasteiger partial charge on any atom is 0.244 e. The number of nitrogens with zero attached hydrogens (tertiary/aromatic N) is 2. The second kappa shape index (κ2) is 5.12. The Balaban J connectivity index is 0.00000108. The van der Waals surface area contributed by atoms with Gasteiger partial charge in [0.25, 0.3) is 0 Å². The van der Waals surface area contributed by atoms with Crippen molar-refractivity contribution < 1.29 is 8.91 Å². The summed E-state index contributed by atoms with van der Waals surface area (Å²) in [7, 11) is 0. The van der Waals surface area contributed by atoms with Gasteiger partial charge in [0.15, 0.2) is 0 Å². The quantitative estimate of drug-likeness (QED) is 0.915. The Labute approximate surface area is 108 Å². The molecule has 0 radical (unpaired) electrons. The molecule has 2 aromatic rings. The molecule has 0 aliphatic carbocycles. The van der Waals surface area contributed by atoms with Crippen LogP contribution in [0.1, 0.15) is 18.4 Å². The highest BCUT2D eigenvalue weighted by molar-refractivity contribution is 7.08. The summed E-state index contributed by atoms with van der Waals surface area (Å²) in [6, 6.07) is 1.79. The zero-order chi connectivity index (χ0) is 11.0. The highest BCUT2D eigenvalue weighted by Gasteiger charge is 2.29. The molecule has 4 nitrogen and oxygen atoms in total. The van der Waals surface area contributed by atoms with E-state index in [-0.39, 0.29) is 18.4 Å². The van der Waals surface area contributed by atoms with Crippen LogP contribution < -0.4 is 5.32 Å². The first kappa shape index (κ1) is 12.5. The van der Waals surface area contributed by atoms with Gasteiger partial charge in [-0.3, -0.25) is 0 Å². The molecule has 0 amide bonds. The normalized spacial score (nSPS) is 23.6. The highest BCUT2D eigenvalue weighted by atomic mass is 35.5. The van der Waals surface area contributed by atoms with Gasteiger partial charge in [0.05, 0.1) is 6.04 Å². The van der Waals surface area contributed by atoms with Gasteiger partial charge in [-0.25, -0.2) is 4.39 Å². The van der Waals surface area contributed by atoms with Crippen LogP contribution in [0.3, 0.4) is 0 Å². The number of rotatable bonds is 2. The molecule has 0 saturated carbocycles. The van der Waals surface area contributed by atoms with Crippen LogP contribution >= 0.6 is 23.7 Å². The van der Waals surface area contributed by atoms with E-state index in [9.17, 15) is 4.39 Å². The molecule has 0 spiro atoms. The monoisotopic (exact) mass is 275 g/mol. The van der Waals surface area contributed by atoms with E-state index in [0.29, 0.717) is 24.7 Å². The third kappa shape index (κ3) is 2.48. The van der Waals surface area contributed by atoms with Crippen LogP contribution in [-0.4, -0.2) is 22.9 Å². The Kier molecular flexibility index (Phi) is 3.76. The third-order valence-corrected chi connectivity index (χ3v) is 3.28. The molecule has 0 bridgehead atoms. The van der Waals surface area contributed by atoms with Gasteiger partial charge in [0, 0.05) is 23.9 Å². The number of alkyl halides is 1. The van der Waals surface area contributed by atoms with E-state index in [4.69, 9.17) is 4.52 Å². The van der Waals surface area contributed by atoms with E-state index in [2.05, 4.69) is 15.5 Å². The van der Waals surface area contributed by atoms with Crippen molar-refractivity contribution >= 4 is 23.7 Å². The number of halogens is 2. The first-order valence-corrected chi connectivity index (χ1v) is 6.01. The Bertz CT molecular complexity index is 476. The van der Waals surface area contributed by atoms with Crippen molar-refractivity contribution in [2.75, 3.05) is 6.54 Å². The predicted molar refractivity (Wildman–Crippen MR) is 65.1 cm³/mol. The number of aromatic nitrogens is 2. The van der Waals surface area contributed by atoms with Crippen LogP contribution in [0.15, 0.2) is 21.3 Å². The summed E-state index contributed by atoms with van der Waals surface area (Å²) >= 11 is 1.58. The van der Waals surface area contributed by atoms with Gasteiger partial charge in [-0.2, -0.15) is 16.3 Å². The van der Waals surface area contributed by atoms with Crippen molar-refractivity contribution in [3.8, 4) is 11.4 Å². The van der Waals surface area contributed by atoms with Gasteiger partial charge >= 0.3 is 0 Å². The SMILES string of the molecule is Cl.F[C@@H]1CN[C@@H](c2nc(-c3ccsc3)no2)C1. The Morgan fingerprint density at radius 2 is 2.41 bits per heavy atom. The van der Waals surface area contributed by atoms with Crippen molar-refractivity contribution in [3.05, 3.63) is 22.7 Å². The Morgan fingerprint density at radius 3 is 3.06 bits per heavy atom. The van der Waals surface area contributed by atoms with Gasteiger partial charge in [-0.15, -0.1) is 12.4 Å². The molecule has 7 heteroatoms. The van der Waals surface area contributed by atoms with Crippen molar-refractivity contribution in [1.29, 1.82) is 0 Å². The summed E-state index contributed by atoms with van der Waals surface area (Å²) in [6.45, 7) is 0.362. The second-order valence-corrected chi connectivity index (χ2v) is 4.54. The fourth-order valence-electron chi connectivity index (χ4n) is 1.77. The van der Waals surface area contributed by atoms with E-state index in [0.717, 1.165) is 5.56 Å². The van der Waals surface area contributed by atoms with Gasteiger partial charge in [-0.05, 0) is 11.4 Å². The number of hydrogen-bond donors (Lipinski definition) is 1. The van der Waals surface area contributed by atoms with Crippen LogP contribution in [0.5, 0.6) is 0 Å². The van der Waals surface area contributed by atoms with Crippen molar-refractivity contribution in [3.63, 3.8) is 0 Å². The largest absolute Gasteiger partial charge is 0.337 e. The van der Waals surface area contributed by atoms with Crippen LogP contribution in [-0.2, 0) is 0 Å². The van der Waals surface area contributed by atoms with E-state index in [1.807, 2.05) is 16.8 Å². The van der Waals surface area contributed by atoms with Crippen molar-refractivity contribution in [2.45, 2.75) is 18.6 Å². The zero-order valence-corrected chi connectivity index (χ0v) is 10.4. The van der Waals surface area contributed by atoms with Crippen LogP contribution in [0.4, 0.5) is 4.39 Å². The fourth-order valence-corrected chi connectivity index (χ4v) is 2.40. The molecular formula is C10H11ClFN3OS. The molecule has 0 unspecified atom stereocenters. The summed E-state index contributed by atoms with van der Waals surface area (Å²) in [4.78, 5) is 4.27. The smallest absolute Gasteiger partial charge is 0.244 e. The van der Waals surface area contributed by atoms with Crippen molar-refractivity contribution in [2.24, 2.45) is 0 Å². The molecule has 2 aromatic heterocycles. The maximum absolute atomic E-state index is 13.0. The van der Waals surface area contributed by atoms with E-state index < -0.39 is 6.17 Å². The predicted octanol–water partition coefficient (Wildman–Crippen LogP) is 2.59. The third-order valence-electron chi connectivity index (χ3n) is 2.60. The molecule has 1 N–H and O–H groups in total. The summed E-state index contributed by atoms with van der Waals surface area (Å²) in [5, 5.41) is 10.8. The number of hydrogen-bond acceptors (Lipinski definition) is 5. The van der Waals surface area contributed by atoms with Crippen LogP contribution in [0.2, 0.25) is 0 Å². The molecule has 1 fully saturated rings. The average molecular weight is 276 g/mol. The summed E-state index contributed by atoms with van der Waals surface area (Å²) in [5.41, 5.74) is 0.940. The lowest BCUT2D eigenvalue weighted by Crippen LogP contribution is -2.14. The Morgan fingerprint density at radius 1 is 1.53 bits per heavy atom. The van der Waals surface area contributed by atoms with Crippen LogP contribution in [0, 0.1) is 0 Å². The second-order valence-electron chi connectivity index (χ2n) is 3.76. The zero-order valence-electron chi connectivity index (χ0n) is 8.80. The first-order chi connectivity index (χ1) is 7.83. The van der Waals surface area contributed by atoms with E-state index in [1.54, 1.807) is 11.3 Å². The number of thiophene rings is 1.